The Morgan fingerprint density at radius 3 is 2.64 bits per heavy atom. The van der Waals surface area contributed by atoms with Gasteiger partial charge in [-0.15, -0.1) is 0 Å². The summed E-state index contributed by atoms with van der Waals surface area (Å²) >= 11 is 5.86. The highest BCUT2D eigenvalue weighted by molar-refractivity contribution is 6.30. The zero-order valence-corrected chi connectivity index (χ0v) is 13.6. The molecule has 2 rings (SSSR count). The van der Waals surface area contributed by atoms with Gasteiger partial charge >= 0.3 is 6.09 Å². The highest BCUT2D eigenvalue weighted by atomic mass is 35.5. The molecule has 1 saturated carbocycles. The monoisotopic (exact) mass is 328 g/mol. The van der Waals surface area contributed by atoms with Crippen LogP contribution in [0.1, 0.15) is 39.2 Å². The molecule has 1 aliphatic rings. The SMILES string of the molecule is CC(C)(C)OC(=O)NC(CO)(c1ccnc(Cl)c1O)C1CC1. The lowest BCUT2D eigenvalue weighted by Crippen LogP contribution is -2.52. The number of nitrogens with one attached hydrogen (secondary N) is 1. The number of pyridine rings is 1. The molecule has 0 aliphatic heterocycles. The minimum atomic E-state index is -1.13. The summed E-state index contributed by atoms with van der Waals surface area (Å²) in [4.78, 5) is 16.0. The fourth-order valence-electron chi connectivity index (χ4n) is 2.49. The number of aliphatic hydroxyl groups is 1. The maximum absolute atomic E-state index is 12.2. The quantitative estimate of drug-likeness (QED) is 0.739. The van der Waals surface area contributed by atoms with Crippen LogP contribution in [-0.4, -0.2) is 33.5 Å². The van der Waals surface area contributed by atoms with Crippen LogP contribution in [0.15, 0.2) is 12.3 Å². The van der Waals surface area contributed by atoms with E-state index in [0.29, 0.717) is 5.56 Å². The zero-order valence-electron chi connectivity index (χ0n) is 12.9. The fourth-order valence-corrected chi connectivity index (χ4v) is 2.65. The van der Waals surface area contributed by atoms with Crippen LogP contribution >= 0.6 is 11.6 Å². The van der Waals surface area contributed by atoms with Crippen LogP contribution < -0.4 is 5.32 Å². The first-order chi connectivity index (χ1) is 10.2. The van der Waals surface area contributed by atoms with Crippen LogP contribution in [0.3, 0.4) is 0 Å². The van der Waals surface area contributed by atoms with E-state index < -0.39 is 17.2 Å². The van der Waals surface area contributed by atoms with Crippen molar-refractivity contribution in [3.8, 4) is 5.75 Å². The number of hydrogen-bond acceptors (Lipinski definition) is 5. The van der Waals surface area contributed by atoms with Crippen LogP contribution in [0, 0.1) is 5.92 Å². The molecule has 0 spiro atoms. The number of hydrogen-bond donors (Lipinski definition) is 3. The van der Waals surface area contributed by atoms with Crippen molar-refractivity contribution in [1.29, 1.82) is 0 Å². The number of nitrogens with zero attached hydrogens (tertiary/aromatic N) is 1. The number of aromatic hydroxyl groups is 1. The van der Waals surface area contributed by atoms with Crippen molar-refractivity contribution in [2.75, 3.05) is 6.61 Å². The molecule has 1 amide bonds. The van der Waals surface area contributed by atoms with Crippen LogP contribution in [0.5, 0.6) is 5.75 Å². The number of ether oxygens (including phenoxy) is 1. The molecular formula is C15H21ClN2O4. The summed E-state index contributed by atoms with van der Waals surface area (Å²) in [7, 11) is 0. The lowest BCUT2D eigenvalue weighted by atomic mass is 9.85. The molecule has 1 atom stereocenters. The van der Waals surface area contributed by atoms with Crippen molar-refractivity contribution in [1.82, 2.24) is 10.3 Å². The standard InChI is InChI=1S/C15H21ClN2O4/c1-14(2,3)22-13(21)18-15(8-19,9-4-5-9)10-6-7-17-12(16)11(10)20/h6-7,9,19-20H,4-5,8H2,1-3H3,(H,18,21). The van der Waals surface area contributed by atoms with Gasteiger partial charge in [0.15, 0.2) is 10.9 Å². The summed E-state index contributed by atoms with van der Waals surface area (Å²) < 4.78 is 5.27. The van der Waals surface area contributed by atoms with E-state index >= 15 is 0 Å². The van der Waals surface area contributed by atoms with E-state index in [0.717, 1.165) is 12.8 Å². The van der Waals surface area contributed by atoms with Crippen LogP contribution in [0.25, 0.3) is 0 Å². The topological polar surface area (TPSA) is 91.7 Å². The Morgan fingerprint density at radius 2 is 2.14 bits per heavy atom. The Labute approximate surface area is 134 Å². The second-order valence-electron chi connectivity index (χ2n) is 6.53. The number of aromatic nitrogens is 1. The first kappa shape index (κ1) is 16.8. The maximum atomic E-state index is 12.2. The average Bonchev–Trinajstić information content (AvgIpc) is 3.22. The normalized spacial score (nSPS) is 17.7. The van der Waals surface area contributed by atoms with Gasteiger partial charge in [0.2, 0.25) is 0 Å². The Bertz CT molecular complexity index is 569. The van der Waals surface area contributed by atoms with Gasteiger partial charge in [0.25, 0.3) is 0 Å². The predicted octanol–water partition coefficient (Wildman–Crippen LogP) is 2.56. The molecule has 6 nitrogen and oxygen atoms in total. The smallest absolute Gasteiger partial charge is 0.408 e. The van der Waals surface area contributed by atoms with Gasteiger partial charge in [-0.25, -0.2) is 9.78 Å². The molecule has 1 fully saturated rings. The van der Waals surface area contributed by atoms with Gasteiger partial charge in [-0.05, 0) is 45.6 Å². The Kier molecular flexibility index (Phi) is 4.54. The summed E-state index contributed by atoms with van der Waals surface area (Å²) in [5.74, 6) is -0.226. The molecule has 0 bridgehead atoms. The van der Waals surface area contributed by atoms with E-state index in [4.69, 9.17) is 16.3 Å². The minimum absolute atomic E-state index is 0.00869. The number of halogens is 1. The third kappa shape index (κ3) is 3.44. The summed E-state index contributed by atoms with van der Waals surface area (Å²) in [6, 6.07) is 1.55. The molecule has 1 aliphatic carbocycles. The van der Waals surface area contributed by atoms with Crippen LogP contribution in [0.2, 0.25) is 5.15 Å². The second-order valence-corrected chi connectivity index (χ2v) is 6.89. The molecule has 22 heavy (non-hydrogen) atoms. The Morgan fingerprint density at radius 1 is 1.50 bits per heavy atom. The molecule has 122 valence electrons. The lowest BCUT2D eigenvalue weighted by Gasteiger charge is -2.35. The van der Waals surface area contributed by atoms with Crippen molar-refractivity contribution < 1.29 is 19.7 Å². The molecule has 0 aromatic carbocycles. The first-order valence-corrected chi connectivity index (χ1v) is 7.53. The maximum Gasteiger partial charge on any atom is 0.408 e. The number of alkyl carbamates (subject to hydrolysis) is 1. The number of rotatable bonds is 4. The third-order valence-corrected chi connectivity index (χ3v) is 3.88. The van der Waals surface area contributed by atoms with Crippen molar-refractivity contribution in [3.63, 3.8) is 0 Å². The fraction of sp³-hybridized carbons (Fsp3) is 0.600. The number of amides is 1. The lowest BCUT2D eigenvalue weighted by molar-refractivity contribution is 0.0358. The van der Waals surface area contributed by atoms with Crippen LogP contribution in [0.4, 0.5) is 4.79 Å². The van der Waals surface area contributed by atoms with Gasteiger partial charge in [-0.1, -0.05) is 11.6 Å². The summed E-state index contributed by atoms with van der Waals surface area (Å²) in [6.07, 6.45) is 2.44. The summed E-state index contributed by atoms with van der Waals surface area (Å²) in [5, 5.41) is 22.8. The van der Waals surface area contributed by atoms with Gasteiger partial charge in [-0.2, -0.15) is 0 Å². The van der Waals surface area contributed by atoms with Crippen molar-refractivity contribution in [2.45, 2.75) is 44.8 Å². The predicted molar refractivity (Wildman–Crippen MR) is 81.8 cm³/mol. The number of aliphatic hydroxyl groups excluding tert-OH is 1. The molecule has 1 aromatic heterocycles. The molecule has 1 unspecified atom stereocenters. The minimum Gasteiger partial charge on any atom is -0.504 e. The van der Waals surface area contributed by atoms with E-state index in [1.165, 1.54) is 6.20 Å². The van der Waals surface area contributed by atoms with Crippen molar-refractivity contribution in [3.05, 3.63) is 23.0 Å². The van der Waals surface area contributed by atoms with Gasteiger partial charge in [0.1, 0.15) is 5.60 Å². The van der Waals surface area contributed by atoms with E-state index in [1.807, 2.05) is 0 Å². The molecular weight excluding hydrogens is 308 g/mol. The third-order valence-electron chi connectivity index (χ3n) is 3.61. The molecule has 0 radical (unpaired) electrons. The summed E-state index contributed by atoms with van der Waals surface area (Å²) in [6.45, 7) is 4.89. The van der Waals surface area contributed by atoms with Crippen molar-refractivity contribution in [2.24, 2.45) is 5.92 Å². The van der Waals surface area contributed by atoms with E-state index in [2.05, 4.69) is 10.3 Å². The molecule has 7 heteroatoms. The van der Waals surface area contributed by atoms with Crippen molar-refractivity contribution >= 4 is 17.7 Å². The number of carbonyl (C=O) groups is 1. The molecule has 3 N–H and O–H groups in total. The Hall–Kier alpha value is -1.53. The van der Waals surface area contributed by atoms with Gasteiger partial charge in [-0.3, -0.25) is 0 Å². The molecule has 1 heterocycles. The summed E-state index contributed by atoms with van der Waals surface area (Å²) in [5.41, 5.74) is -1.44. The largest absolute Gasteiger partial charge is 0.504 e. The second kappa shape index (κ2) is 5.93. The molecule has 1 aromatic rings. The van der Waals surface area contributed by atoms with E-state index in [9.17, 15) is 15.0 Å². The van der Waals surface area contributed by atoms with E-state index in [1.54, 1.807) is 26.8 Å². The molecule has 0 saturated heterocycles. The van der Waals surface area contributed by atoms with Gasteiger partial charge in [0.05, 0.1) is 12.1 Å². The highest BCUT2D eigenvalue weighted by Crippen LogP contribution is 2.48. The Balaban J connectivity index is 2.37. The van der Waals surface area contributed by atoms with Gasteiger partial charge in [0, 0.05) is 11.8 Å². The zero-order chi connectivity index (χ0) is 16.5. The van der Waals surface area contributed by atoms with Crippen LogP contribution in [-0.2, 0) is 10.3 Å². The first-order valence-electron chi connectivity index (χ1n) is 7.15. The highest BCUT2D eigenvalue weighted by Gasteiger charge is 2.49. The van der Waals surface area contributed by atoms with Gasteiger partial charge < -0.3 is 20.3 Å². The number of carbonyl (C=O) groups excluding carboxylic acids is 1. The van der Waals surface area contributed by atoms with E-state index in [-0.39, 0.29) is 23.4 Å². The average molecular weight is 329 g/mol.